The first-order chi connectivity index (χ1) is 15.6. The van der Waals surface area contributed by atoms with Crippen LogP contribution in [0.4, 0.5) is 5.69 Å². The predicted octanol–water partition coefficient (Wildman–Crippen LogP) is 2.01. The van der Waals surface area contributed by atoms with E-state index in [1.165, 1.54) is 30.5 Å². The molecule has 0 radical (unpaired) electrons. The van der Waals surface area contributed by atoms with Gasteiger partial charge < -0.3 is 4.55 Å². The van der Waals surface area contributed by atoms with E-state index in [-0.39, 0.29) is 34.1 Å². The highest BCUT2D eigenvalue weighted by atomic mass is 32.2. The van der Waals surface area contributed by atoms with Crippen LogP contribution in [0.3, 0.4) is 0 Å². The first-order valence-electron chi connectivity index (χ1n) is 9.38. The van der Waals surface area contributed by atoms with Crippen molar-refractivity contribution in [1.29, 1.82) is 0 Å². The number of hydrogen-bond donors (Lipinski definition) is 0. The second-order valence-corrected chi connectivity index (χ2v) is 9.61. The Morgan fingerprint density at radius 1 is 1.06 bits per heavy atom. The molecule has 0 N–H and O–H groups in total. The Bertz CT molecular complexity index is 1290. The molecule has 2 aromatic carbocycles. The Morgan fingerprint density at radius 3 is 2.21 bits per heavy atom. The van der Waals surface area contributed by atoms with Gasteiger partial charge in [0.25, 0.3) is 21.6 Å². The van der Waals surface area contributed by atoms with E-state index >= 15 is 0 Å². The minimum atomic E-state index is -4.40. The molecule has 0 aliphatic heterocycles. The summed E-state index contributed by atoms with van der Waals surface area (Å²) < 4.78 is 49.2. The van der Waals surface area contributed by atoms with Crippen LogP contribution in [0.5, 0.6) is 0 Å². The second kappa shape index (κ2) is 9.94. The number of aromatic nitrogens is 2. The lowest BCUT2D eigenvalue weighted by Gasteiger charge is -2.22. The molecule has 0 fully saturated rings. The SMILES string of the molecule is Cc1cnc(C(=O)N(CCc2ccc(S(=O)[O-])cc2)S(=O)(=O)c2ccc([N+](=O)[O-])cc2)cn1. The zero-order valence-corrected chi connectivity index (χ0v) is 18.8. The molecule has 3 aromatic rings. The summed E-state index contributed by atoms with van der Waals surface area (Å²) in [6.45, 7) is 1.37. The van der Waals surface area contributed by atoms with Crippen molar-refractivity contribution in [3.63, 3.8) is 0 Å². The molecular formula is C20H17N4O7S2-. The van der Waals surface area contributed by atoms with Crippen LogP contribution in [0.2, 0.25) is 0 Å². The Hall–Kier alpha value is -3.55. The summed E-state index contributed by atoms with van der Waals surface area (Å²) in [5, 5.41) is 10.9. The summed E-state index contributed by atoms with van der Waals surface area (Å²) in [7, 11) is -4.40. The number of nitro benzene ring substituents is 1. The molecule has 0 aliphatic carbocycles. The minimum Gasteiger partial charge on any atom is -0.768 e. The van der Waals surface area contributed by atoms with Crippen molar-refractivity contribution >= 4 is 32.7 Å². The maximum atomic E-state index is 13.3. The summed E-state index contributed by atoms with van der Waals surface area (Å²) in [6.07, 6.45) is 2.57. The van der Waals surface area contributed by atoms with Crippen LogP contribution >= 0.6 is 0 Å². The lowest BCUT2D eigenvalue weighted by molar-refractivity contribution is -0.384. The third-order valence-electron chi connectivity index (χ3n) is 4.58. The largest absolute Gasteiger partial charge is 0.768 e. The Balaban J connectivity index is 1.94. The summed E-state index contributed by atoms with van der Waals surface area (Å²) >= 11 is -2.40. The minimum absolute atomic E-state index is 0.0695. The quantitative estimate of drug-likeness (QED) is 0.261. The zero-order chi connectivity index (χ0) is 24.2. The van der Waals surface area contributed by atoms with Gasteiger partial charge in [0.2, 0.25) is 0 Å². The third kappa shape index (κ3) is 5.63. The fourth-order valence-corrected chi connectivity index (χ4v) is 4.56. The van der Waals surface area contributed by atoms with Gasteiger partial charge in [-0.05, 0) is 54.3 Å². The number of nitrogens with zero attached hydrogens (tertiary/aromatic N) is 4. The van der Waals surface area contributed by atoms with E-state index < -0.39 is 31.9 Å². The number of benzene rings is 2. The van der Waals surface area contributed by atoms with Gasteiger partial charge in [0.05, 0.1) is 21.7 Å². The first-order valence-corrected chi connectivity index (χ1v) is 11.9. The van der Waals surface area contributed by atoms with E-state index in [0.29, 0.717) is 15.6 Å². The van der Waals surface area contributed by atoms with Crippen LogP contribution in [0, 0.1) is 17.0 Å². The molecule has 0 aliphatic rings. The molecule has 1 amide bonds. The number of nitro groups is 1. The molecule has 13 heteroatoms. The van der Waals surface area contributed by atoms with Crippen molar-refractivity contribution in [3.05, 3.63) is 88.0 Å². The standard InChI is InChI=1S/C20H18N4O7S2/c1-14-12-22-19(13-21-14)20(25)23(11-10-15-2-6-17(7-3-15)32(28)29)33(30,31)18-8-4-16(5-9-18)24(26)27/h2-9,12-13H,10-11H2,1H3,(H,28,29)/p-1. The van der Waals surface area contributed by atoms with Crippen molar-refractivity contribution < 1.29 is 26.9 Å². The number of amides is 1. The van der Waals surface area contributed by atoms with Gasteiger partial charge in [0.1, 0.15) is 5.69 Å². The van der Waals surface area contributed by atoms with Gasteiger partial charge in [-0.3, -0.25) is 24.1 Å². The average molecular weight is 490 g/mol. The third-order valence-corrected chi connectivity index (χ3v) is 7.04. The zero-order valence-electron chi connectivity index (χ0n) is 17.2. The number of carbonyl (C=O) groups is 1. The Labute approximate surface area is 191 Å². The fraction of sp³-hybridized carbons (Fsp3) is 0.150. The molecule has 11 nitrogen and oxygen atoms in total. The molecule has 3 rings (SSSR count). The smallest absolute Gasteiger partial charge is 0.287 e. The van der Waals surface area contributed by atoms with Gasteiger partial charge in [0, 0.05) is 29.8 Å². The van der Waals surface area contributed by atoms with E-state index in [4.69, 9.17) is 0 Å². The number of non-ortho nitro benzene ring substituents is 1. The average Bonchev–Trinajstić information content (AvgIpc) is 2.79. The van der Waals surface area contributed by atoms with Gasteiger partial charge in [0.15, 0.2) is 0 Å². The van der Waals surface area contributed by atoms with Gasteiger partial charge in [-0.25, -0.2) is 17.7 Å². The Kier molecular flexibility index (Phi) is 7.26. The van der Waals surface area contributed by atoms with Crippen LogP contribution in [0.25, 0.3) is 0 Å². The molecule has 0 bridgehead atoms. The molecule has 1 unspecified atom stereocenters. The lowest BCUT2D eigenvalue weighted by Crippen LogP contribution is -2.39. The van der Waals surface area contributed by atoms with E-state index in [2.05, 4.69) is 9.97 Å². The first kappa shape index (κ1) is 24.1. The van der Waals surface area contributed by atoms with Gasteiger partial charge >= 0.3 is 0 Å². The molecule has 0 spiro atoms. The highest BCUT2D eigenvalue weighted by Crippen LogP contribution is 2.22. The summed E-state index contributed by atoms with van der Waals surface area (Å²) in [4.78, 5) is 31.0. The summed E-state index contributed by atoms with van der Waals surface area (Å²) in [6, 6.07) is 9.91. The van der Waals surface area contributed by atoms with Crippen molar-refractivity contribution in [1.82, 2.24) is 14.3 Å². The molecule has 172 valence electrons. The van der Waals surface area contributed by atoms with Crippen molar-refractivity contribution in [2.24, 2.45) is 0 Å². The van der Waals surface area contributed by atoms with Gasteiger partial charge in [-0.15, -0.1) is 0 Å². The maximum Gasteiger partial charge on any atom is 0.287 e. The van der Waals surface area contributed by atoms with Crippen molar-refractivity contribution in [3.8, 4) is 0 Å². The maximum absolute atomic E-state index is 13.3. The predicted molar refractivity (Wildman–Crippen MR) is 115 cm³/mol. The van der Waals surface area contributed by atoms with Gasteiger partial charge in [-0.1, -0.05) is 12.1 Å². The monoisotopic (exact) mass is 489 g/mol. The molecule has 0 saturated carbocycles. The van der Waals surface area contributed by atoms with Crippen LogP contribution in [-0.2, 0) is 27.5 Å². The Morgan fingerprint density at radius 2 is 1.70 bits per heavy atom. The van der Waals surface area contributed by atoms with Crippen molar-refractivity contribution in [2.75, 3.05) is 6.54 Å². The van der Waals surface area contributed by atoms with E-state index in [0.717, 1.165) is 30.5 Å². The van der Waals surface area contributed by atoms with Crippen LogP contribution in [-0.4, -0.2) is 48.8 Å². The van der Waals surface area contributed by atoms with Crippen molar-refractivity contribution in [2.45, 2.75) is 23.1 Å². The van der Waals surface area contributed by atoms with Gasteiger partial charge in [-0.2, -0.15) is 0 Å². The van der Waals surface area contributed by atoms with E-state index in [1.807, 2.05) is 0 Å². The topological polar surface area (TPSA) is 164 Å². The number of rotatable bonds is 8. The summed E-state index contributed by atoms with van der Waals surface area (Å²) in [5.74, 6) is -0.918. The van der Waals surface area contributed by atoms with E-state index in [1.54, 1.807) is 6.92 Å². The molecule has 1 heterocycles. The number of hydrogen-bond acceptors (Lipinski definition) is 9. The lowest BCUT2D eigenvalue weighted by atomic mass is 10.1. The molecule has 0 saturated heterocycles. The normalized spacial score (nSPS) is 12.2. The van der Waals surface area contributed by atoms with E-state index in [9.17, 15) is 32.1 Å². The van der Waals surface area contributed by atoms with Crippen LogP contribution < -0.4 is 0 Å². The molecule has 1 aromatic heterocycles. The highest BCUT2D eigenvalue weighted by Gasteiger charge is 2.31. The number of carbonyl (C=O) groups excluding carboxylic acids is 1. The fourth-order valence-electron chi connectivity index (χ4n) is 2.83. The highest BCUT2D eigenvalue weighted by molar-refractivity contribution is 7.89. The number of aryl methyl sites for hydroxylation is 1. The second-order valence-electron chi connectivity index (χ2n) is 6.81. The molecule has 1 atom stereocenters. The van der Waals surface area contributed by atoms with Crippen LogP contribution in [0.1, 0.15) is 21.7 Å². The summed E-state index contributed by atoms with van der Waals surface area (Å²) in [5.41, 5.74) is 0.637. The number of sulfonamides is 1. The molecule has 33 heavy (non-hydrogen) atoms. The van der Waals surface area contributed by atoms with Crippen LogP contribution in [0.15, 0.2) is 70.7 Å². The molecular weight excluding hydrogens is 472 g/mol.